The molecule has 1 N–H and O–H groups in total. The molecule has 0 saturated heterocycles. The first-order chi connectivity index (χ1) is 8.74. The van der Waals surface area contributed by atoms with Crippen LogP contribution in [0.1, 0.15) is 49.6 Å². The minimum Gasteiger partial charge on any atom is -0.327 e. The molecule has 0 aliphatic rings. The number of H-pyrrole nitrogens is 1. The Morgan fingerprint density at radius 2 is 2.05 bits per heavy atom. The number of nitrogens with zero attached hydrogens (tertiary/aromatic N) is 3. The van der Waals surface area contributed by atoms with Crippen molar-refractivity contribution in [2.75, 3.05) is 13.1 Å². The van der Waals surface area contributed by atoms with E-state index in [9.17, 15) is 18.0 Å². The molecule has 0 radical (unpaired) electrons. The molecule has 19 heavy (non-hydrogen) atoms. The normalized spacial score (nSPS) is 11.9. The Hall–Kier alpha value is -1.60. The molecule has 0 fully saturated rings. The van der Waals surface area contributed by atoms with Crippen LogP contribution in [0, 0.1) is 0 Å². The zero-order chi connectivity index (χ0) is 14.6. The van der Waals surface area contributed by atoms with Gasteiger partial charge >= 0.3 is 6.18 Å². The summed E-state index contributed by atoms with van der Waals surface area (Å²) in [5, 5.41) is 6.23. The predicted molar refractivity (Wildman–Crippen MR) is 62.7 cm³/mol. The molecule has 0 bridgehead atoms. The first-order valence-electron chi connectivity index (χ1n) is 6.03. The van der Waals surface area contributed by atoms with Gasteiger partial charge in [-0.1, -0.05) is 20.8 Å². The molecule has 0 saturated carbocycles. The summed E-state index contributed by atoms with van der Waals surface area (Å²) in [4.78, 5) is 16.6. The van der Waals surface area contributed by atoms with Crippen molar-refractivity contribution in [2.24, 2.45) is 0 Å². The summed E-state index contributed by atoms with van der Waals surface area (Å²) in [6.07, 6.45) is -3.99. The number of amides is 1. The summed E-state index contributed by atoms with van der Waals surface area (Å²) >= 11 is 0. The summed E-state index contributed by atoms with van der Waals surface area (Å²) in [6.45, 7) is 4.12. The van der Waals surface area contributed by atoms with Crippen molar-refractivity contribution in [3.63, 3.8) is 0 Å². The molecule has 1 amide bonds. The van der Waals surface area contributed by atoms with Crippen LogP contribution >= 0.6 is 0 Å². The highest BCUT2D eigenvalue weighted by atomic mass is 19.4. The van der Waals surface area contributed by atoms with Crippen LogP contribution in [0.2, 0.25) is 0 Å². The lowest BCUT2D eigenvalue weighted by atomic mass is 10.2. The molecular formula is C11H17F3N4O. The van der Waals surface area contributed by atoms with E-state index in [1.807, 2.05) is 13.8 Å². The van der Waals surface area contributed by atoms with Gasteiger partial charge in [-0.05, 0) is 6.42 Å². The molecule has 0 spiro atoms. The van der Waals surface area contributed by atoms with Gasteiger partial charge in [-0.15, -0.1) is 5.10 Å². The fourth-order valence-electron chi connectivity index (χ4n) is 1.51. The molecule has 0 aromatic carbocycles. The molecule has 0 aliphatic heterocycles. The topological polar surface area (TPSA) is 61.9 Å². The van der Waals surface area contributed by atoms with E-state index in [0.29, 0.717) is 17.1 Å². The molecule has 1 aromatic rings. The average Bonchev–Trinajstić information content (AvgIpc) is 2.75. The summed E-state index contributed by atoms with van der Waals surface area (Å²) in [7, 11) is 0. The number of halogens is 3. The second-order valence-electron chi connectivity index (χ2n) is 4.54. The third-order valence-corrected chi connectivity index (χ3v) is 2.39. The summed E-state index contributed by atoms with van der Waals surface area (Å²) in [5.74, 6) is -0.521. The maximum atomic E-state index is 12.4. The summed E-state index contributed by atoms with van der Waals surface area (Å²) in [5.41, 5.74) is 0. The van der Waals surface area contributed by atoms with E-state index in [-0.39, 0.29) is 18.3 Å². The molecule has 1 heterocycles. The van der Waals surface area contributed by atoms with Gasteiger partial charge in [0.25, 0.3) is 5.91 Å². The first-order valence-corrected chi connectivity index (χ1v) is 6.03. The van der Waals surface area contributed by atoms with E-state index in [1.165, 1.54) is 0 Å². The highest BCUT2D eigenvalue weighted by molar-refractivity contribution is 5.90. The molecule has 0 aliphatic carbocycles. The van der Waals surface area contributed by atoms with Crippen LogP contribution in [0.3, 0.4) is 0 Å². The van der Waals surface area contributed by atoms with Crippen molar-refractivity contribution in [2.45, 2.75) is 39.3 Å². The van der Waals surface area contributed by atoms with Crippen LogP contribution in [0.25, 0.3) is 0 Å². The Balaban J connectivity index is 2.86. The number of aromatic nitrogens is 3. The van der Waals surface area contributed by atoms with Gasteiger partial charge in [0.2, 0.25) is 5.82 Å². The van der Waals surface area contributed by atoms with E-state index in [1.54, 1.807) is 6.92 Å². The van der Waals surface area contributed by atoms with Crippen LogP contribution in [0.4, 0.5) is 13.2 Å². The average molecular weight is 278 g/mol. The van der Waals surface area contributed by atoms with Crippen molar-refractivity contribution < 1.29 is 18.0 Å². The van der Waals surface area contributed by atoms with Crippen molar-refractivity contribution >= 4 is 5.91 Å². The second-order valence-corrected chi connectivity index (χ2v) is 4.54. The van der Waals surface area contributed by atoms with Gasteiger partial charge in [0, 0.05) is 12.5 Å². The minimum absolute atomic E-state index is 0.0178. The van der Waals surface area contributed by atoms with Crippen LogP contribution in [0.5, 0.6) is 0 Å². The summed E-state index contributed by atoms with van der Waals surface area (Å²) in [6, 6.07) is 0. The minimum atomic E-state index is -4.43. The SMILES string of the molecule is CCCN(CC(F)(F)F)C(=O)c1n[nH]c(C(C)C)n1. The fraction of sp³-hybridized carbons (Fsp3) is 0.727. The molecule has 108 valence electrons. The molecule has 0 unspecified atom stereocenters. The largest absolute Gasteiger partial charge is 0.406 e. The van der Waals surface area contributed by atoms with Crippen LogP contribution < -0.4 is 0 Å². The number of hydrogen-bond acceptors (Lipinski definition) is 3. The quantitative estimate of drug-likeness (QED) is 0.899. The van der Waals surface area contributed by atoms with Gasteiger partial charge in [-0.25, -0.2) is 4.98 Å². The predicted octanol–water partition coefficient (Wildman–Crippen LogP) is 2.34. The standard InChI is InChI=1S/C11H17F3N4O/c1-4-5-18(6-11(12,13)14)10(19)9-15-8(7(2)3)16-17-9/h7H,4-6H2,1-3H3,(H,15,16,17). The second kappa shape index (κ2) is 6.03. The molecule has 5 nitrogen and oxygen atoms in total. The molecule has 0 atom stereocenters. The first kappa shape index (κ1) is 15.5. The lowest BCUT2D eigenvalue weighted by Gasteiger charge is -2.21. The van der Waals surface area contributed by atoms with Gasteiger partial charge < -0.3 is 4.90 Å². The lowest BCUT2D eigenvalue weighted by molar-refractivity contribution is -0.140. The number of aromatic amines is 1. The van der Waals surface area contributed by atoms with E-state index < -0.39 is 18.6 Å². The van der Waals surface area contributed by atoms with Gasteiger partial charge in [-0.2, -0.15) is 13.2 Å². The number of nitrogens with one attached hydrogen (secondary N) is 1. The van der Waals surface area contributed by atoms with Crippen molar-refractivity contribution in [3.8, 4) is 0 Å². The molecule has 8 heteroatoms. The third-order valence-electron chi connectivity index (χ3n) is 2.39. The highest BCUT2D eigenvalue weighted by Crippen LogP contribution is 2.18. The van der Waals surface area contributed by atoms with Crippen molar-refractivity contribution in [1.29, 1.82) is 0 Å². The Bertz CT molecular complexity index is 428. The molecule has 1 aromatic heterocycles. The van der Waals surface area contributed by atoms with Gasteiger partial charge in [0.05, 0.1) is 0 Å². The summed E-state index contributed by atoms with van der Waals surface area (Å²) < 4.78 is 37.2. The van der Waals surface area contributed by atoms with Gasteiger partial charge in [0.1, 0.15) is 12.4 Å². The van der Waals surface area contributed by atoms with Crippen LogP contribution in [-0.2, 0) is 0 Å². The van der Waals surface area contributed by atoms with Crippen LogP contribution in [-0.4, -0.2) is 45.3 Å². The maximum Gasteiger partial charge on any atom is 0.406 e. The number of carbonyl (C=O) groups is 1. The lowest BCUT2D eigenvalue weighted by Crippen LogP contribution is -2.40. The number of alkyl halides is 3. The maximum absolute atomic E-state index is 12.4. The number of carbonyl (C=O) groups excluding carboxylic acids is 1. The Morgan fingerprint density at radius 1 is 1.42 bits per heavy atom. The van der Waals surface area contributed by atoms with Gasteiger partial charge in [0.15, 0.2) is 0 Å². The monoisotopic (exact) mass is 278 g/mol. The Morgan fingerprint density at radius 3 is 2.47 bits per heavy atom. The molecule has 1 rings (SSSR count). The Kier molecular flexibility index (Phi) is 4.90. The Labute approximate surface area is 109 Å². The third kappa shape index (κ3) is 4.53. The van der Waals surface area contributed by atoms with Crippen LogP contribution in [0.15, 0.2) is 0 Å². The van der Waals surface area contributed by atoms with Crippen molar-refractivity contribution in [1.82, 2.24) is 20.1 Å². The highest BCUT2D eigenvalue weighted by Gasteiger charge is 2.34. The number of hydrogen-bond donors (Lipinski definition) is 1. The molecular weight excluding hydrogens is 261 g/mol. The zero-order valence-corrected chi connectivity index (χ0v) is 11.1. The smallest absolute Gasteiger partial charge is 0.327 e. The van der Waals surface area contributed by atoms with E-state index >= 15 is 0 Å². The van der Waals surface area contributed by atoms with E-state index in [0.717, 1.165) is 0 Å². The van der Waals surface area contributed by atoms with Crippen molar-refractivity contribution in [3.05, 3.63) is 11.6 Å². The number of rotatable bonds is 5. The zero-order valence-electron chi connectivity index (χ0n) is 11.1. The fourth-order valence-corrected chi connectivity index (χ4v) is 1.51. The van der Waals surface area contributed by atoms with Gasteiger partial charge in [-0.3, -0.25) is 9.89 Å². The van der Waals surface area contributed by atoms with E-state index in [2.05, 4.69) is 15.2 Å². The van der Waals surface area contributed by atoms with E-state index in [4.69, 9.17) is 0 Å².